The van der Waals surface area contributed by atoms with E-state index in [2.05, 4.69) is 18.3 Å². The number of benzene rings is 1. The van der Waals surface area contributed by atoms with Crippen molar-refractivity contribution in [1.29, 1.82) is 0 Å². The molecule has 2 amide bonds. The maximum Gasteiger partial charge on any atom is 0.322 e. The molecule has 5 heteroatoms. The molecule has 1 unspecified atom stereocenters. The van der Waals surface area contributed by atoms with Crippen molar-refractivity contribution in [1.82, 2.24) is 4.90 Å². The zero-order valence-electron chi connectivity index (χ0n) is 12.8. The van der Waals surface area contributed by atoms with E-state index in [0.717, 1.165) is 18.5 Å². The number of aryl methyl sites for hydroxylation is 1. The predicted molar refractivity (Wildman–Crippen MR) is 82.6 cm³/mol. The largest absolute Gasteiger partial charge is 0.385 e. The molecule has 1 saturated heterocycles. The highest BCUT2D eigenvalue weighted by Gasteiger charge is 2.24. The van der Waals surface area contributed by atoms with Crippen molar-refractivity contribution in [2.24, 2.45) is 0 Å². The van der Waals surface area contributed by atoms with Gasteiger partial charge >= 0.3 is 6.03 Å². The molecule has 5 nitrogen and oxygen atoms in total. The SMILES string of the molecule is CCc1cccc(NC(=O)N2CCOC(CCOC)C2)c1. The summed E-state index contributed by atoms with van der Waals surface area (Å²) in [7, 11) is 1.67. The molecule has 0 bridgehead atoms. The number of hydrogen-bond donors (Lipinski definition) is 1. The maximum atomic E-state index is 12.3. The summed E-state index contributed by atoms with van der Waals surface area (Å²) in [6, 6.07) is 7.90. The van der Waals surface area contributed by atoms with Crippen LogP contribution in [0.2, 0.25) is 0 Å². The van der Waals surface area contributed by atoms with Crippen LogP contribution in [0.1, 0.15) is 18.9 Å². The molecule has 0 aliphatic carbocycles. The van der Waals surface area contributed by atoms with Crippen molar-refractivity contribution < 1.29 is 14.3 Å². The van der Waals surface area contributed by atoms with Gasteiger partial charge in [-0.05, 0) is 30.5 Å². The summed E-state index contributed by atoms with van der Waals surface area (Å²) in [5.74, 6) is 0. The summed E-state index contributed by atoms with van der Waals surface area (Å²) < 4.78 is 10.7. The summed E-state index contributed by atoms with van der Waals surface area (Å²) in [6.07, 6.45) is 1.83. The molecule has 0 aromatic heterocycles. The fraction of sp³-hybridized carbons (Fsp3) is 0.562. The van der Waals surface area contributed by atoms with Crippen LogP contribution in [0.5, 0.6) is 0 Å². The van der Waals surface area contributed by atoms with Crippen LogP contribution in [0.3, 0.4) is 0 Å². The molecule has 1 heterocycles. The minimum atomic E-state index is -0.0611. The number of carbonyl (C=O) groups is 1. The fourth-order valence-electron chi connectivity index (χ4n) is 2.40. The third-order valence-electron chi connectivity index (χ3n) is 3.66. The van der Waals surface area contributed by atoms with Crippen molar-refractivity contribution in [3.8, 4) is 0 Å². The molecule has 0 spiro atoms. The van der Waals surface area contributed by atoms with Gasteiger partial charge in [0.2, 0.25) is 0 Å². The van der Waals surface area contributed by atoms with Gasteiger partial charge in [0.1, 0.15) is 0 Å². The minimum absolute atomic E-state index is 0.0611. The van der Waals surface area contributed by atoms with E-state index in [1.54, 1.807) is 7.11 Å². The van der Waals surface area contributed by atoms with Gasteiger partial charge in [-0.15, -0.1) is 0 Å². The van der Waals surface area contributed by atoms with E-state index in [1.165, 1.54) is 5.56 Å². The molecule has 1 aliphatic heterocycles. The number of nitrogens with one attached hydrogen (secondary N) is 1. The molecule has 0 saturated carbocycles. The molecule has 116 valence electrons. The predicted octanol–water partition coefficient (Wildman–Crippen LogP) is 2.52. The molecule has 0 radical (unpaired) electrons. The lowest BCUT2D eigenvalue weighted by Crippen LogP contribution is -2.47. The Hall–Kier alpha value is -1.59. The number of anilines is 1. The van der Waals surface area contributed by atoms with Crippen LogP contribution in [0, 0.1) is 0 Å². The van der Waals surface area contributed by atoms with Gasteiger partial charge in [0.25, 0.3) is 0 Å². The number of carbonyl (C=O) groups excluding carboxylic acids is 1. The first-order valence-corrected chi connectivity index (χ1v) is 7.48. The second-order valence-corrected chi connectivity index (χ2v) is 5.20. The molecule has 1 aliphatic rings. The Balaban J connectivity index is 1.89. The number of amides is 2. The lowest BCUT2D eigenvalue weighted by Gasteiger charge is -2.33. The fourth-order valence-corrected chi connectivity index (χ4v) is 2.40. The van der Waals surface area contributed by atoms with Crippen LogP contribution >= 0.6 is 0 Å². The van der Waals surface area contributed by atoms with E-state index in [-0.39, 0.29) is 12.1 Å². The first-order valence-electron chi connectivity index (χ1n) is 7.48. The van der Waals surface area contributed by atoms with Crippen molar-refractivity contribution in [3.05, 3.63) is 29.8 Å². The summed E-state index contributed by atoms with van der Waals surface area (Å²) in [5, 5.41) is 2.96. The monoisotopic (exact) mass is 292 g/mol. The number of urea groups is 1. The molecule has 21 heavy (non-hydrogen) atoms. The molecular formula is C16H24N2O3. The third kappa shape index (κ3) is 4.72. The van der Waals surface area contributed by atoms with Crippen molar-refractivity contribution >= 4 is 11.7 Å². The minimum Gasteiger partial charge on any atom is -0.385 e. The Morgan fingerprint density at radius 1 is 1.52 bits per heavy atom. The van der Waals surface area contributed by atoms with Gasteiger partial charge in [0, 0.05) is 32.5 Å². The van der Waals surface area contributed by atoms with Crippen LogP contribution in [-0.4, -0.2) is 50.4 Å². The summed E-state index contributed by atoms with van der Waals surface area (Å²) in [6.45, 7) is 4.57. The van der Waals surface area contributed by atoms with Gasteiger partial charge in [-0.25, -0.2) is 4.79 Å². The lowest BCUT2D eigenvalue weighted by atomic mass is 10.1. The molecule has 1 N–H and O–H groups in total. The smallest absolute Gasteiger partial charge is 0.322 e. The normalized spacial score (nSPS) is 18.6. The van der Waals surface area contributed by atoms with Crippen molar-refractivity contribution in [2.45, 2.75) is 25.9 Å². The zero-order valence-corrected chi connectivity index (χ0v) is 12.8. The Kier molecular flexibility index (Phi) is 6.02. The maximum absolute atomic E-state index is 12.3. The Morgan fingerprint density at radius 2 is 2.38 bits per heavy atom. The van der Waals surface area contributed by atoms with E-state index in [9.17, 15) is 4.79 Å². The third-order valence-corrected chi connectivity index (χ3v) is 3.66. The average molecular weight is 292 g/mol. The Labute approximate surface area is 126 Å². The number of ether oxygens (including phenoxy) is 2. The zero-order chi connectivity index (χ0) is 15.1. The highest BCUT2D eigenvalue weighted by atomic mass is 16.5. The van der Waals surface area contributed by atoms with E-state index < -0.39 is 0 Å². The van der Waals surface area contributed by atoms with Crippen molar-refractivity contribution in [3.63, 3.8) is 0 Å². The van der Waals surface area contributed by atoms with Gasteiger partial charge in [-0.3, -0.25) is 0 Å². The standard InChI is InChI=1S/C16H24N2O3/c1-3-13-5-4-6-14(11-13)17-16(19)18-8-10-21-15(12-18)7-9-20-2/h4-6,11,15H,3,7-10,12H2,1-2H3,(H,17,19). The van der Waals surface area contributed by atoms with Gasteiger partial charge in [-0.1, -0.05) is 19.1 Å². The van der Waals surface area contributed by atoms with Crippen LogP contribution in [0.25, 0.3) is 0 Å². The first kappa shape index (κ1) is 15.8. The topological polar surface area (TPSA) is 50.8 Å². The highest BCUT2D eigenvalue weighted by Crippen LogP contribution is 2.14. The van der Waals surface area contributed by atoms with Crippen LogP contribution in [0.15, 0.2) is 24.3 Å². The quantitative estimate of drug-likeness (QED) is 0.907. The summed E-state index contributed by atoms with van der Waals surface area (Å²) >= 11 is 0. The second kappa shape index (κ2) is 8.00. The van der Waals surface area contributed by atoms with Gasteiger partial charge in [0.15, 0.2) is 0 Å². The van der Waals surface area contributed by atoms with E-state index in [0.29, 0.717) is 26.3 Å². The lowest BCUT2D eigenvalue weighted by molar-refractivity contribution is -0.0260. The van der Waals surface area contributed by atoms with Crippen molar-refractivity contribution in [2.75, 3.05) is 38.7 Å². The van der Waals surface area contributed by atoms with Crippen LogP contribution in [0.4, 0.5) is 10.5 Å². The Bertz CT molecular complexity index is 465. The first-order chi connectivity index (χ1) is 10.2. The van der Waals surface area contributed by atoms with Crippen LogP contribution in [-0.2, 0) is 15.9 Å². The Morgan fingerprint density at radius 3 is 3.14 bits per heavy atom. The highest BCUT2D eigenvalue weighted by molar-refractivity contribution is 5.89. The number of methoxy groups -OCH3 is 1. The summed E-state index contributed by atoms with van der Waals surface area (Å²) in [4.78, 5) is 14.1. The molecule has 1 atom stereocenters. The summed E-state index contributed by atoms with van der Waals surface area (Å²) in [5.41, 5.74) is 2.06. The number of hydrogen-bond acceptors (Lipinski definition) is 3. The molecule has 1 fully saturated rings. The molecule has 1 aromatic rings. The second-order valence-electron chi connectivity index (χ2n) is 5.20. The number of morpholine rings is 1. The van der Waals surface area contributed by atoms with Crippen LogP contribution < -0.4 is 5.32 Å². The van der Waals surface area contributed by atoms with Gasteiger partial charge in [-0.2, -0.15) is 0 Å². The molecule has 2 rings (SSSR count). The van der Waals surface area contributed by atoms with E-state index in [1.807, 2.05) is 23.1 Å². The average Bonchev–Trinajstić information content (AvgIpc) is 2.53. The van der Waals surface area contributed by atoms with E-state index >= 15 is 0 Å². The number of rotatable bonds is 5. The molecule has 1 aromatic carbocycles. The molecular weight excluding hydrogens is 268 g/mol. The van der Waals surface area contributed by atoms with Gasteiger partial charge in [0.05, 0.1) is 12.7 Å². The number of nitrogens with zero attached hydrogens (tertiary/aromatic N) is 1. The van der Waals surface area contributed by atoms with E-state index in [4.69, 9.17) is 9.47 Å². The van der Waals surface area contributed by atoms with Gasteiger partial charge < -0.3 is 19.7 Å².